The van der Waals surface area contributed by atoms with Gasteiger partial charge >= 0.3 is 5.97 Å². The minimum absolute atomic E-state index is 0.0433. The Morgan fingerprint density at radius 1 is 1.00 bits per heavy atom. The highest BCUT2D eigenvalue weighted by atomic mass is 32.2. The molecule has 2 heterocycles. The van der Waals surface area contributed by atoms with Crippen molar-refractivity contribution in [1.82, 2.24) is 14.8 Å². The number of carbonyl (C=O) groups excluding carboxylic acids is 2. The van der Waals surface area contributed by atoms with Gasteiger partial charge in [0.05, 0.1) is 10.6 Å². The fourth-order valence-electron chi connectivity index (χ4n) is 3.15. The Hall–Kier alpha value is -3.43. The molecule has 0 saturated heterocycles. The zero-order valence-corrected chi connectivity index (χ0v) is 19.6. The van der Waals surface area contributed by atoms with E-state index >= 15 is 0 Å². The van der Waals surface area contributed by atoms with Crippen LogP contribution in [0.15, 0.2) is 77.3 Å². The number of esters is 1. The molecule has 7 nitrogen and oxygen atoms in total. The summed E-state index contributed by atoms with van der Waals surface area (Å²) in [6, 6.07) is 21.4. The molecule has 1 amide bonds. The Balaban J connectivity index is 1.24. The molecule has 0 atom stereocenters. The van der Waals surface area contributed by atoms with E-state index in [9.17, 15) is 9.59 Å². The molecule has 0 radical (unpaired) electrons. The van der Waals surface area contributed by atoms with Gasteiger partial charge in [-0.3, -0.25) is 9.59 Å². The summed E-state index contributed by atoms with van der Waals surface area (Å²) < 4.78 is 7.07. The second-order valence-corrected chi connectivity index (χ2v) is 8.86. The normalized spacial score (nSPS) is 10.7. The van der Waals surface area contributed by atoms with Crippen molar-refractivity contribution in [2.45, 2.75) is 18.6 Å². The minimum atomic E-state index is -0.488. The Labute approximate surface area is 199 Å². The molecule has 168 valence electrons. The summed E-state index contributed by atoms with van der Waals surface area (Å²) in [4.78, 5) is 25.3. The van der Waals surface area contributed by atoms with Crippen molar-refractivity contribution >= 4 is 40.7 Å². The van der Waals surface area contributed by atoms with Crippen molar-refractivity contribution in [2.75, 3.05) is 17.7 Å². The number of thioether (sulfide) groups is 1. The lowest BCUT2D eigenvalue weighted by Gasteiger charge is -2.08. The number of ether oxygens (including phenoxy) is 1. The van der Waals surface area contributed by atoms with E-state index in [-0.39, 0.29) is 12.4 Å². The first-order valence-corrected chi connectivity index (χ1v) is 12.2. The number of anilines is 1. The first-order chi connectivity index (χ1) is 16.1. The highest BCUT2D eigenvalue weighted by molar-refractivity contribution is 7.99. The van der Waals surface area contributed by atoms with Crippen LogP contribution in [0.2, 0.25) is 0 Å². The highest BCUT2D eigenvalue weighted by Gasteiger charge is 2.16. The Morgan fingerprint density at radius 2 is 1.76 bits per heavy atom. The van der Waals surface area contributed by atoms with Crippen LogP contribution < -0.4 is 5.32 Å². The lowest BCUT2D eigenvalue weighted by atomic mass is 10.1. The van der Waals surface area contributed by atoms with E-state index in [1.54, 1.807) is 11.3 Å². The second kappa shape index (κ2) is 10.9. The van der Waals surface area contributed by atoms with Crippen LogP contribution in [0.5, 0.6) is 0 Å². The summed E-state index contributed by atoms with van der Waals surface area (Å²) in [7, 11) is 0. The number of nitrogens with zero attached hydrogens (tertiary/aromatic N) is 3. The zero-order chi connectivity index (χ0) is 23.0. The maximum Gasteiger partial charge on any atom is 0.316 e. The predicted octanol–water partition coefficient (Wildman–Crippen LogP) is 4.97. The van der Waals surface area contributed by atoms with Crippen molar-refractivity contribution in [3.05, 3.63) is 72.1 Å². The first kappa shape index (κ1) is 22.8. The molecule has 9 heteroatoms. The molecule has 0 unspecified atom stereocenters. The molecule has 4 aromatic rings. The van der Waals surface area contributed by atoms with Gasteiger partial charge in [0.2, 0.25) is 0 Å². The van der Waals surface area contributed by atoms with E-state index < -0.39 is 11.9 Å². The summed E-state index contributed by atoms with van der Waals surface area (Å²) in [6.07, 6.45) is 0. The van der Waals surface area contributed by atoms with E-state index in [1.807, 2.05) is 83.6 Å². The number of rotatable bonds is 9. The molecular formula is C24H22N4O3S2. The molecule has 0 spiro atoms. The monoisotopic (exact) mass is 478 g/mol. The van der Waals surface area contributed by atoms with Crippen LogP contribution in [0.1, 0.15) is 6.92 Å². The smallest absolute Gasteiger partial charge is 0.316 e. The van der Waals surface area contributed by atoms with Gasteiger partial charge in [-0.1, -0.05) is 60.3 Å². The van der Waals surface area contributed by atoms with Crippen LogP contribution in [0.4, 0.5) is 5.69 Å². The molecule has 0 aliphatic rings. The van der Waals surface area contributed by atoms with Crippen LogP contribution in [0.3, 0.4) is 0 Å². The van der Waals surface area contributed by atoms with Crippen LogP contribution in [-0.2, 0) is 20.9 Å². The van der Waals surface area contributed by atoms with Gasteiger partial charge in [-0.25, -0.2) is 0 Å². The molecule has 2 aromatic carbocycles. The maximum absolute atomic E-state index is 12.2. The lowest BCUT2D eigenvalue weighted by Crippen LogP contribution is -2.21. The number of thiophene rings is 1. The van der Waals surface area contributed by atoms with E-state index in [1.165, 1.54) is 11.8 Å². The fraction of sp³-hybridized carbons (Fsp3) is 0.167. The number of nitrogens with one attached hydrogen (secondary N) is 1. The van der Waals surface area contributed by atoms with Crippen molar-refractivity contribution < 1.29 is 14.3 Å². The van der Waals surface area contributed by atoms with Crippen LogP contribution in [-0.4, -0.2) is 39.0 Å². The molecule has 0 saturated carbocycles. The Morgan fingerprint density at radius 3 is 2.45 bits per heavy atom. The Bertz CT molecular complexity index is 1210. The third-order valence-corrected chi connectivity index (χ3v) is 6.54. The van der Waals surface area contributed by atoms with Crippen LogP contribution in [0, 0.1) is 0 Å². The topological polar surface area (TPSA) is 86.1 Å². The summed E-state index contributed by atoms with van der Waals surface area (Å²) >= 11 is 2.83. The lowest BCUT2D eigenvalue weighted by molar-refractivity contribution is -0.144. The third-order valence-electron chi connectivity index (χ3n) is 4.73. The SMILES string of the molecule is CCn1c(SCC(=O)OCC(=O)Nc2ccc(-c3ccccc3)cc2)nnc1-c1cccs1. The van der Waals surface area contributed by atoms with Crippen molar-refractivity contribution in [3.8, 4) is 21.8 Å². The molecule has 0 bridgehead atoms. The number of hydrogen-bond acceptors (Lipinski definition) is 7. The summed E-state index contributed by atoms with van der Waals surface area (Å²) in [5.41, 5.74) is 2.80. The maximum atomic E-state index is 12.2. The van der Waals surface area contributed by atoms with Gasteiger partial charge in [0.1, 0.15) is 0 Å². The average molecular weight is 479 g/mol. The van der Waals surface area contributed by atoms with Gasteiger partial charge in [0, 0.05) is 12.2 Å². The quantitative estimate of drug-likeness (QED) is 0.270. The second-order valence-electron chi connectivity index (χ2n) is 6.97. The number of benzene rings is 2. The summed E-state index contributed by atoms with van der Waals surface area (Å²) in [6.45, 7) is 2.34. The third kappa shape index (κ3) is 5.88. The predicted molar refractivity (Wildman–Crippen MR) is 131 cm³/mol. The molecule has 0 fully saturated rings. The van der Waals surface area contributed by atoms with E-state index in [2.05, 4.69) is 15.5 Å². The molecule has 0 aliphatic carbocycles. The van der Waals surface area contributed by atoms with Gasteiger partial charge in [-0.2, -0.15) is 0 Å². The number of aromatic nitrogens is 3. The minimum Gasteiger partial charge on any atom is -0.455 e. The number of hydrogen-bond donors (Lipinski definition) is 1. The highest BCUT2D eigenvalue weighted by Crippen LogP contribution is 2.27. The number of carbonyl (C=O) groups is 2. The van der Waals surface area contributed by atoms with Crippen molar-refractivity contribution in [3.63, 3.8) is 0 Å². The zero-order valence-electron chi connectivity index (χ0n) is 17.9. The van der Waals surface area contributed by atoms with Gasteiger partial charge < -0.3 is 14.6 Å². The Kier molecular flexibility index (Phi) is 7.54. The number of amides is 1. The molecule has 1 N–H and O–H groups in total. The van der Waals surface area contributed by atoms with Crippen LogP contribution >= 0.6 is 23.1 Å². The van der Waals surface area contributed by atoms with Gasteiger partial charge in [0.25, 0.3) is 5.91 Å². The standard InChI is InChI=1S/C24H22N4O3S2/c1-2-28-23(20-9-6-14-32-20)26-27-24(28)33-16-22(30)31-15-21(29)25-19-12-10-18(11-13-19)17-7-4-3-5-8-17/h3-14H,2,15-16H2,1H3,(H,25,29). The van der Waals surface area contributed by atoms with Gasteiger partial charge in [0.15, 0.2) is 17.6 Å². The summed E-state index contributed by atoms with van der Waals surface area (Å²) in [5.74, 6) is -0.0572. The van der Waals surface area contributed by atoms with E-state index in [0.717, 1.165) is 21.8 Å². The molecule has 0 aliphatic heterocycles. The van der Waals surface area contributed by atoms with E-state index in [4.69, 9.17) is 4.74 Å². The fourth-order valence-corrected chi connectivity index (χ4v) is 4.67. The molecule has 2 aromatic heterocycles. The van der Waals surface area contributed by atoms with E-state index in [0.29, 0.717) is 17.4 Å². The van der Waals surface area contributed by atoms with Crippen molar-refractivity contribution in [2.24, 2.45) is 0 Å². The van der Waals surface area contributed by atoms with Crippen molar-refractivity contribution in [1.29, 1.82) is 0 Å². The van der Waals surface area contributed by atoms with Gasteiger partial charge in [-0.15, -0.1) is 21.5 Å². The largest absolute Gasteiger partial charge is 0.455 e. The van der Waals surface area contributed by atoms with Gasteiger partial charge in [-0.05, 0) is 41.6 Å². The average Bonchev–Trinajstić information content (AvgIpc) is 3.52. The molecule has 33 heavy (non-hydrogen) atoms. The molecular weight excluding hydrogens is 456 g/mol. The first-order valence-electron chi connectivity index (χ1n) is 10.3. The summed E-state index contributed by atoms with van der Waals surface area (Å²) in [5, 5.41) is 13.8. The molecule has 4 rings (SSSR count). The van der Waals surface area contributed by atoms with Crippen LogP contribution in [0.25, 0.3) is 21.8 Å².